The Morgan fingerprint density at radius 1 is 1.00 bits per heavy atom. The van der Waals surface area contributed by atoms with Crippen molar-refractivity contribution in [3.63, 3.8) is 0 Å². The van der Waals surface area contributed by atoms with Gasteiger partial charge in [-0.3, -0.25) is 9.59 Å². The molecule has 0 aliphatic rings. The van der Waals surface area contributed by atoms with Gasteiger partial charge in [-0.1, -0.05) is 12.1 Å². The quantitative estimate of drug-likeness (QED) is 0.718. The fourth-order valence-electron chi connectivity index (χ4n) is 2.18. The summed E-state index contributed by atoms with van der Waals surface area (Å²) in [6, 6.07) is 11.7. The molecule has 0 atom stereocenters. The zero-order valence-corrected chi connectivity index (χ0v) is 15.2. The lowest BCUT2D eigenvalue weighted by molar-refractivity contribution is -0.133. The third-order valence-electron chi connectivity index (χ3n) is 3.65. The molecule has 0 saturated carbocycles. The Balaban J connectivity index is 1.78. The fraction of sp³-hybridized carbons (Fsp3) is 0.263. The SMILES string of the molecule is CCN(CC(=O)NCc1ccc(F)cc1)C(=O)CSc1ccc(F)cc1. The first-order valence-corrected chi connectivity index (χ1v) is 9.13. The van der Waals surface area contributed by atoms with E-state index in [1.165, 1.54) is 40.9 Å². The molecule has 7 heteroatoms. The molecule has 0 bridgehead atoms. The number of rotatable bonds is 8. The zero-order chi connectivity index (χ0) is 18.9. The third-order valence-corrected chi connectivity index (χ3v) is 4.64. The van der Waals surface area contributed by atoms with Crippen molar-refractivity contribution in [2.24, 2.45) is 0 Å². The first-order valence-electron chi connectivity index (χ1n) is 8.15. The van der Waals surface area contributed by atoms with E-state index in [2.05, 4.69) is 5.32 Å². The number of thioether (sulfide) groups is 1. The molecule has 0 saturated heterocycles. The minimum absolute atomic E-state index is 0.0412. The number of likely N-dealkylation sites (N-methyl/N-ethyl adjacent to an activating group) is 1. The minimum Gasteiger partial charge on any atom is -0.350 e. The van der Waals surface area contributed by atoms with Crippen LogP contribution >= 0.6 is 11.8 Å². The van der Waals surface area contributed by atoms with E-state index in [1.54, 1.807) is 31.2 Å². The van der Waals surface area contributed by atoms with Crippen LogP contribution in [0.2, 0.25) is 0 Å². The lowest BCUT2D eigenvalue weighted by atomic mass is 10.2. The highest BCUT2D eigenvalue weighted by molar-refractivity contribution is 8.00. The molecule has 4 nitrogen and oxygen atoms in total. The number of carbonyl (C=O) groups is 2. The van der Waals surface area contributed by atoms with Gasteiger partial charge in [-0.05, 0) is 48.9 Å². The molecule has 26 heavy (non-hydrogen) atoms. The second-order valence-electron chi connectivity index (χ2n) is 5.55. The van der Waals surface area contributed by atoms with E-state index in [1.807, 2.05) is 0 Å². The molecule has 1 N–H and O–H groups in total. The minimum atomic E-state index is -0.332. The molecule has 2 aromatic carbocycles. The summed E-state index contributed by atoms with van der Waals surface area (Å²) in [4.78, 5) is 26.6. The van der Waals surface area contributed by atoms with Crippen molar-refractivity contribution in [2.75, 3.05) is 18.8 Å². The van der Waals surface area contributed by atoms with E-state index in [0.29, 0.717) is 6.54 Å². The summed E-state index contributed by atoms with van der Waals surface area (Å²) >= 11 is 1.29. The average Bonchev–Trinajstić information content (AvgIpc) is 2.65. The Morgan fingerprint density at radius 3 is 2.15 bits per heavy atom. The topological polar surface area (TPSA) is 49.4 Å². The van der Waals surface area contributed by atoms with Crippen molar-refractivity contribution in [3.05, 3.63) is 65.7 Å². The van der Waals surface area contributed by atoms with Crippen LogP contribution in [-0.4, -0.2) is 35.6 Å². The first-order chi connectivity index (χ1) is 12.5. The molecule has 0 unspecified atom stereocenters. The highest BCUT2D eigenvalue weighted by atomic mass is 32.2. The molecule has 138 valence electrons. The van der Waals surface area contributed by atoms with Gasteiger partial charge in [0.2, 0.25) is 11.8 Å². The normalized spacial score (nSPS) is 10.4. The number of benzene rings is 2. The molecule has 2 rings (SSSR count). The number of hydrogen-bond donors (Lipinski definition) is 1. The lowest BCUT2D eigenvalue weighted by Crippen LogP contribution is -2.41. The van der Waals surface area contributed by atoms with Crippen molar-refractivity contribution in [2.45, 2.75) is 18.4 Å². The van der Waals surface area contributed by atoms with Crippen molar-refractivity contribution in [1.29, 1.82) is 0 Å². The van der Waals surface area contributed by atoms with E-state index in [9.17, 15) is 18.4 Å². The van der Waals surface area contributed by atoms with E-state index < -0.39 is 0 Å². The predicted molar refractivity (Wildman–Crippen MR) is 97.6 cm³/mol. The first kappa shape index (κ1) is 19.9. The van der Waals surface area contributed by atoms with Crippen LogP contribution in [0, 0.1) is 11.6 Å². The van der Waals surface area contributed by atoms with Crippen LogP contribution in [0.3, 0.4) is 0 Å². The van der Waals surface area contributed by atoms with Crippen LogP contribution in [-0.2, 0) is 16.1 Å². The monoisotopic (exact) mass is 378 g/mol. The van der Waals surface area contributed by atoms with Gasteiger partial charge >= 0.3 is 0 Å². The van der Waals surface area contributed by atoms with Gasteiger partial charge in [-0.25, -0.2) is 8.78 Å². The molecule has 0 aliphatic carbocycles. The van der Waals surface area contributed by atoms with Crippen LogP contribution in [0.15, 0.2) is 53.4 Å². The Labute approximate surface area is 155 Å². The van der Waals surface area contributed by atoms with E-state index >= 15 is 0 Å². The molecule has 0 radical (unpaired) electrons. The van der Waals surface area contributed by atoms with Gasteiger partial charge in [0.25, 0.3) is 0 Å². The van der Waals surface area contributed by atoms with Crippen molar-refractivity contribution < 1.29 is 18.4 Å². The lowest BCUT2D eigenvalue weighted by Gasteiger charge is -2.20. The molecular formula is C19H20F2N2O2S. The number of hydrogen-bond acceptors (Lipinski definition) is 3. The van der Waals surface area contributed by atoms with Gasteiger partial charge in [-0.15, -0.1) is 11.8 Å². The molecule has 2 amide bonds. The van der Waals surface area contributed by atoms with E-state index in [4.69, 9.17) is 0 Å². The molecule has 0 fully saturated rings. The predicted octanol–water partition coefficient (Wildman–Crippen LogP) is 3.22. The Hall–Kier alpha value is -2.41. The van der Waals surface area contributed by atoms with Crippen LogP contribution in [0.5, 0.6) is 0 Å². The van der Waals surface area contributed by atoms with E-state index in [-0.39, 0.29) is 42.3 Å². The second kappa shape index (κ2) is 9.91. The van der Waals surface area contributed by atoms with Gasteiger partial charge in [0, 0.05) is 18.0 Å². The molecule has 0 heterocycles. The Bertz CT molecular complexity index is 736. The number of nitrogens with zero attached hydrogens (tertiary/aromatic N) is 1. The maximum atomic E-state index is 12.9. The summed E-state index contributed by atoms with van der Waals surface area (Å²) in [5, 5.41) is 2.71. The maximum absolute atomic E-state index is 12.9. The van der Waals surface area contributed by atoms with Gasteiger partial charge in [0.1, 0.15) is 11.6 Å². The highest BCUT2D eigenvalue weighted by Gasteiger charge is 2.15. The fourth-order valence-corrected chi connectivity index (χ4v) is 2.98. The third kappa shape index (κ3) is 6.48. The Morgan fingerprint density at radius 2 is 1.58 bits per heavy atom. The van der Waals surface area contributed by atoms with Gasteiger partial charge in [0.15, 0.2) is 0 Å². The molecule has 0 aliphatic heterocycles. The molecule has 0 aromatic heterocycles. The summed E-state index contributed by atoms with van der Waals surface area (Å²) in [5.74, 6) is -0.935. The molecular weight excluding hydrogens is 358 g/mol. The number of amides is 2. The van der Waals surface area contributed by atoms with Gasteiger partial charge in [-0.2, -0.15) is 0 Å². The summed E-state index contributed by atoms with van der Waals surface area (Å²) < 4.78 is 25.7. The highest BCUT2D eigenvalue weighted by Crippen LogP contribution is 2.18. The summed E-state index contributed by atoms with van der Waals surface area (Å²) in [5.41, 5.74) is 0.779. The van der Waals surface area contributed by atoms with Crippen molar-refractivity contribution in [1.82, 2.24) is 10.2 Å². The van der Waals surface area contributed by atoms with Gasteiger partial charge < -0.3 is 10.2 Å². The summed E-state index contributed by atoms with van der Waals surface area (Å²) in [6.07, 6.45) is 0. The van der Waals surface area contributed by atoms with Crippen molar-refractivity contribution >= 4 is 23.6 Å². The largest absolute Gasteiger partial charge is 0.350 e. The summed E-state index contributed by atoms with van der Waals surface area (Å²) in [6.45, 7) is 2.44. The zero-order valence-electron chi connectivity index (χ0n) is 14.4. The number of carbonyl (C=O) groups excluding carboxylic acids is 2. The van der Waals surface area contributed by atoms with Crippen LogP contribution in [0.1, 0.15) is 12.5 Å². The second-order valence-corrected chi connectivity index (χ2v) is 6.60. The van der Waals surface area contributed by atoms with Gasteiger partial charge in [0.05, 0.1) is 12.3 Å². The molecule has 0 spiro atoms. The standard InChI is InChI=1S/C19H20F2N2O2S/c1-2-23(19(25)13-26-17-9-7-16(21)8-10-17)12-18(24)22-11-14-3-5-15(20)6-4-14/h3-10H,2,11-13H2,1H3,(H,22,24). The van der Waals surface area contributed by atoms with Crippen LogP contribution in [0.25, 0.3) is 0 Å². The van der Waals surface area contributed by atoms with E-state index in [0.717, 1.165) is 10.5 Å². The Kier molecular flexibility index (Phi) is 7.59. The van der Waals surface area contributed by atoms with Crippen molar-refractivity contribution in [3.8, 4) is 0 Å². The summed E-state index contributed by atoms with van der Waals surface area (Å²) in [7, 11) is 0. The van der Waals surface area contributed by atoms with Crippen LogP contribution in [0.4, 0.5) is 8.78 Å². The number of nitrogens with one attached hydrogen (secondary N) is 1. The van der Waals surface area contributed by atoms with Crippen LogP contribution < -0.4 is 5.32 Å². The number of halogens is 2. The molecule has 2 aromatic rings. The average molecular weight is 378 g/mol. The maximum Gasteiger partial charge on any atom is 0.239 e. The smallest absolute Gasteiger partial charge is 0.239 e.